The van der Waals surface area contributed by atoms with Crippen molar-refractivity contribution in [3.63, 3.8) is 0 Å². The fourth-order valence-electron chi connectivity index (χ4n) is 2.21. The van der Waals surface area contributed by atoms with Gasteiger partial charge in [-0.25, -0.2) is 10.8 Å². The lowest BCUT2D eigenvalue weighted by Crippen LogP contribution is -2.25. The standard InChI is InChI=1S/C11H17N5/c12-16-11-13-6-5-9(15-11)14-10(7-1-2-7)8-3-4-8/h5-8,10H,1-4,12H2,(H2,13,14,15,16). The van der Waals surface area contributed by atoms with Gasteiger partial charge in [0.15, 0.2) is 0 Å². The molecule has 0 aliphatic heterocycles. The van der Waals surface area contributed by atoms with E-state index in [1.807, 2.05) is 6.07 Å². The molecule has 1 heterocycles. The number of hydrazine groups is 1. The number of rotatable bonds is 5. The van der Waals surface area contributed by atoms with Gasteiger partial charge in [0.2, 0.25) is 5.95 Å². The van der Waals surface area contributed by atoms with Crippen molar-refractivity contribution in [1.82, 2.24) is 9.97 Å². The van der Waals surface area contributed by atoms with Crippen molar-refractivity contribution in [2.24, 2.45) is 17.7 Å². The zero-order chi connectivity index (χ0) is 11.0. The molecule has 5 heteroatoms. The minimum atomic E-state index is 0.468. The molecule has 4 N–H and O–H groups in total. The Labute approximate surface area is 94.8 Å². The molecule has 86 valence electrons. The Hall–Kier alpha value is -1.36. The Morgan fingerprint density at radius 1 is 1.25 bits per heavy atom. The average molecular weight is 219 g/mol. The van der Waals surface area contributed by atoms with E-state index in [0.29, 0.717) is 12.0 Å². The van der Waals surface area contributed by atoms with E-state index in [0.717, 1.165) is 17.7 Å². The molecule has 2 aliphatic rings. The molecule has 1 aromatic heterocycles. The Kier molecular flexibility index (Phi) is 2.40. The van der Waals surface area contributed by atoms with Crippen molar-refractivity contribution in [2.75, 3.05) is 10.7 Å². The number of anilines is 2. The van der Waals surface area contributed by atoms with Crippen LogP contribution in [0.3, 0.4) is 0 Å². The first kappa shape index (κ1) is 9.84. The molecule has 5 nitrogen and oxygen atoms in total. The predicted octanol–water partition coefficient (Wildman–Crippen LogP) is 1.36. The van der Waals surface area contributed by atoms with Gasteiger partial charge < -0.3 is 5.32 Å². The fraction of sp³-hybridized carbons (Fsp3) is 0.636. The van der Waals surface area contributed by atoms with Crippen LogP contribution in [0.4, 0.5) is 11.8 Å². The summed E-state index contributed by atoms with van der Waals surface area (Å²) in [6.45, 7) is 0. The van der Waals surface area contributed by atoms with Crippen LogP contribution in [-0.4, -0.2) is 16.0 Å². The van der Waals surface area contributed by atoms with E-state index in [9.17, 15) is 0 Å². The van der Waals surface area contributed by atoms with E-state index in [4.69, 9.17) is 5.84 Å². The Morgan fingerprint density at radius 2 is 1.94 bits per heavy atom. The van der Waals surface area contributed by atoms with E-state index in [1.54, 1.807) is 6.20 Å². The number of nitrogens with zero attached hydrogens (tertiary/aromatic N) is 2. The second kappa shape index (κ2) is 3.90. The van der Waals surface area contributed by atoms with Crippen LogP contribution >= 0.6 is 0 Å². The van der Waals surface area contributed by atoms with Crippen LogP contribution in [0.25, 0.3) is 0 Å². The topological polar surface area (TPSA) is 75.9 Å². The third-order valence-electron chi connectivity index (χ3n) is 3.36. The summed E-state index contributed by atoms with van der Waals surface area (Å²) < 4.78 is 0. The number of aromatic nitrogens is 2. The summed E-state index contributed by atoms with van der Waals surface area (Å²) in [7, 11) is 0. The van der Waals surface area contributed by atoms with E-state index < -0.39 is 0 Å². The molecule has 0 radical (unpaired) electrons. The van der Waals surface area contributed by atoms with E-state index in [2.05, 4.69) is 20.7 Å². The fourth-order valence-corrected chi connectivity index (χ4v) is 2.21. The van der Waals surface area contributed by atoms with Crippen LogP contribution in [0.1, 0.15) is 25.7 Å². The Bertz CT molecular complexity index is 360. The Balaban J connectivity index is 1.70. The molecule has 2 saturated carbocycles. The number of hydrogen-bond acceptors (Lipinski definition) is 5. The van der Waals surface area contributed by atoms with Gasteiger partial charge in [-0.3, -0.25) is 5.43 Å². The molecule has 0 aromatic carbocycles. The molecule has 0 spiro atoms. The number of nitrogens with one attached hydrogen (secondary N) is 2. The summed E-state index contributed by atoms with van der Waals surface area (Å²) in [4.78, 5) is 8.29. The molecule has 2 fully saturated rings. The first-order chi connectivity index (χ1) is 7.86. The predicted molar refractivity (Wildman–Crippen MR) is 62.7 cm³/mol. The molecule has 3 rings (SSSR count). The number of nitrogen functional groups attached to an aromatic ring is 1. The van der Waals surface area contributed by atoms with Gasteiger partial charge in [-0.15, -0.1) is 0 Å². The van der Waals surface area contributed by atoms with Crippen molar-refractivity contribution in [3.8, 4) is 0 Å². The van der Waals surface area contributed by atoms with Crippen LogP contribution in [-0.2, 0) is 0 Å². The molecular formula is C11H17N5. The van der Waals surface area contributed by atoms with E-state index in [-0.39, 0.29) is 0 Å². The lowest BCUT2D eigenvalue weighted by atomic mass is 10.1. The summed E-state index contributed by atoms with van der Waals surface area (Å²) in [6, 6.07) is 2.51. The monoisotopic (exact) mass is 219 g/mol. The molecular weight excluding hydrogens is 202 g/mol. The summed E-state index contributed by atoms with van der Waals surface area (Å²) in [5, 5.41) is 3.53. The highest BCUT2D eigenvalue weighted by Gasteiger charge is 2.41. The van der Waals surface area contributed by atoms with Gasteiger partial charge in [-0.2, -0.15) is 4.98 Å². The lowest BCUT2D eigenvalue weighted by molar-refractivity contribution is 0.565. The van der Waals surface area contributed by atoms with Gasteiger partial charge in [0.1, 0.15) is 5.82 Å². The summed E-state index contributed by atoms with van der Waals surface area (Å²) >= 11 is 0. The van der Waals surface area contributed by atoms with Gasteiger partial charge in [0, 0.05) is 12.2 Å². The molecule has 0 saturated heterocycles. The zero-order valence-corrected chi connectivity index (χ0v) is 9.19. The summed E-state index contributed by atoms with van der Waals surface area (Å²) in [5.74, 6) is 8.36. The van der Waals surface area contributed by atoms with E-state index >= 15 is 0 Å². The summed E-state index contributed by atoms with van der Waals surface area (Å²) in [5.41, 5.74) is 2.47. The number of nitrogens with two attached hydrogens (primary N) is 1. The van der Waals surface area contributed by atoms with Gasteiger partial charge in [-0.05, 0) is 43.6 Å². The van der Waals surface area contributed by atoms with Crippen molar-refractivity contribution >= 4 is 11.8 Å². The summed E-state index contributed by atoms with van der Waals surface area (Å²) in [6.07, 6.45) is 7.17. The lowest BCUT2D eigenvalue weighted by Gasteiger charge is -2.18. The van der Waals surface area contributed by atoms with Gasteiger partial charge >= 0.3 is 0 Å². The largest absolute Gasteiger partial charge is 0.367 e. The van der Waals surface area contributed by atoms with E-state index in [1.165, 1.54) is 25.7 Å². The third-order valence-corrected chi connectivity index (χ3v) is 3.36. The smallest absolute Gasteiger partial charge is 0.239 e. The second-order valence-corrected chi connectivity index (χ2v) is 4.75. The molecule has 16 heavy (non-hydrogen) atoms. The number of hydrogen-bond donors (Lipinski definition) is 3. The molecule has 0 amide bonds. The van der Waals surface area contributed by atoms with Crippen LogP contribution in [0.2, 0.25) is 0 Å². The highest BCUT2D eigenvalue weighted by molar-refractivity contribution is 5.40. The first-order valence-corrected chi connectivity index (χ1v) is 5.93. The van der Waals surface area contributed by atoms with Crippen molar-refractivity contribution < 1.29 is 0 Å². The van der Waals surface area contributed by atoms with Crippen LogP contribution in [0.15, 0.2) is 12.3 Å². The molecule has 2 aliphatic carbocycles. The molecule has 0 unspecified atom stereocenters. The first-order valence-electron chi connectivity index (χ1n) is 5.93. The SMILES string of the molecule is NNc1nccc(NC(C2CC2)C2CC2)n1. The van der Waals surface area contributed by atoms with Crippen molar-refractivity contribution in [2.45, 2.75) is 31.7 Å². The minimum absolute atomic E-state index is 0.468. The zero-order valence-electron chi connectivity index (χ0n) is 9.19. The average Bonchev–Trinajstić information content (AvgIpc) is 3.18. The Morgan fingerprint density at radius 3 is 2.50 bits per heavy atom. The van der Waals surface area contributed by atoms with Crippen LogP contribution < -0.4 is 16.6 Å². The highest BCUT2D eigenvalue weighted by Crippen LogP contribution is 2.45. The quantitative estimate of drug-likeness (QED) is 0.515. The maximum Gasteiger partial charge on any atom is 0.239 e. The van der Waals surface area contributed by atoms with Crippen molar-refractivity contribution in [3.05, 3.63) is 12.3 Å². The van der Waals surface area contributed by atoms with Crippen LogP contribution in [0, 0.1) is 11.8 Å². The normalized spacial score (nSPS) is 19.9. The van der Waals surface area contributed by atoms with Gasteiger partial charge in [-0.1, -0.05) is 0 Å². The van der Waals surface area contributed by atoms with Gasteiger partial charge in [0.05, 0.1) is 0 Å². The maximum absolute atomic E-state index is 5.29. The highest BCUT2D eigenvalue weighted by atomic mass is 15.3. The van der Waals surface area contributed by atoms with Crippen molar-refractivity contribution in [1.29, 1.82) is 0 Å². The van der Waals surface area contributed by atoms with Crippen LogP contribution in [0.5, 0.6) is 0 Å². The third kappa shape index (κ3) is 2.09. The maximum atomic E-state index is 5.29. The molecule has 0 atom stereocenters. The molecule has 0 bridgehead atoms. The molecule has 1 aromatic rings. The van der Waals surface area contributed by atoms with Gasteiger partial charge in [0.25, 0.3) is 0 Å². The second-order valence-electron chi connectivity index (χ2n) is 4.75. The minimum Gasteiger partial charge on any atom is -0.367 e.